The predicted octanol–water partition coefficient (Wildman–Crippen LogP) is 2.50. The van der Waals surface area contributed by atoms with Crippen LogP contribution in [0.15, 0.2) is 29.6 Å². The van der Waals surface area contributed by atoms with Gasteiger partial charge in [-0.25, -0.2) is 4.98 Å². The lowest BCUT2D eigenvalue weighted by atomic mass is 10.2. The maximum absolute atomic E-state index is 12.5. The number of carbonyl (C=O) groups excluding carboxylic acids is 2. The monoisotopic (exact) mass is 465 g/mol. The van der Waals surface area contributed by atoms with Gasteiger partial charge in [-0.3, -0.25) is 14.5 Å². The van der Waals surface area contributed by atoms with Gasteiger partial charge in [0.2, 0.25) is 5.91 Å². The van der Waals surface area contributed by atoms with Crippen molar-refractivity contribution in [3.8, 4) is 0 Å². The lowest BCUT2D eigenvalue weighted by Crippen LogP contribution is -2.50. The van der Waals surface area contributed by atoms with Crippen LogP contribution >= 0.6 is 47.8 Å². The number of thiazole rings is 1. The molecule has 0 unspecified atom stereocenters. The number of hydrogen-bond acceptors (Lipinski definition) is 6. The van der Waals surface area contributed by atoms with Crippen LogP contribution in [0.4, 0.5) is 5.69 Å². The molecule has 0 aliphatic carbocycles. The van der Waals surface area contributed by atoms with E-state index in [0.717, 1.165) is 5.01 Å². The van der Waals surface area contributed by atoms with Crippen molar-refractivity contribution in [3.63, 3.8) is 0 Å². The van der Waals surface area contributed by atoms with E-state index in [-0.39, 0.29) is 43.2 Å². The van der Waals surface area contributed by atoms with Crippen LogP contribution in [0.3, 0.4) is 0 Å². The zero-order valence-corrected chi connectivity index (χ0v) is 18.2. The highest BCUT2D eigenvalue weighted by atomic mass is 35.5. The van der Waals surface area contributed by atoms with Crippen LogP contribution in [0, 0.1) is 0 Å². The highest BCUT2D eigenvalue weighted by Gasteiger charge is 2.24. The number of aromatic nitrogens is 1. The number of hydrogen-bond donors (Lipinski definition) is 2. The SMILES string of the molecule is Cl.Cl.NCc1nc(C(=O)N2CCN(CC(=O)Nc3ccccc3Cl)CC2)cs1. The van der Waals surface area contributed by atoms with Crippen molar-refractivity contribution >= 4 is 65.3 Å². The third-order valence-electron chi connectivity index (χ3n) is 4.12. The first-order chi connectivity index (χ1) is 12.6. The van der Waals surface area contributed by atoms with Crippen molar-refractivity contribution in [1.29, 1.82) is 0 Å². The second kappa shape index (κ2) is 11.5. The number of para-hydroxylation sites is 1. The van der Waals surface area contributed by atoms with E-state index >= 15 is 0 Å². The molecule has 1 fully saturated rings. The average molecular weight is 467 g/mol. The summed E-state index contributed by atoms with van der Waals surface area (Å²) in [5.41, 5.74) is 6.59. The number of rotatable bonds is 5. The van der Waals surface area contributed by atoms with Gasteiger partial charge in [-0.05, 0) is 12.1 Å². The molecule has 0 spiro atoms. The fourth-order valence-electron chi connectivity index (χ4n) is 2.73. The number of anilines is 1. The van der Waals surface area contributed by atoms with Crippen LogP contribution in [0.1, 0.15) is 15.5 Å². The fraction of sp³-hybridized carbons (Fsp3) is 0.353. The van der Waals surface area contributed by atoms with Crippen molar-refractivity contribution in [2.24, 2.45) is 5.73 Å². The van der Waals surface area contributed by atoms with Gasteiger partial charge in [0.15, 0.2) is 0 Å². The minimum absolute atomic E-state index is 0. The zero-order chi connectivity index (χ0) is 18.5. The number of amides is 2. The Labute approximate surface area is 185 Å². The van der Waals surface area contributed by atoms with Gasteiger partial charge < -0.3 is 16.0 Å². The topological polar surface area (TPSA) is 91.6 Å². The van der Waals surface area contributed by atoms with E-state index in [1.165, 1.54) is 11.3 Å². The molecule has 0 bridgehead atoms. The van der Waals surface area contributed by atoms with Gasteiger partial charge in [-0.2, -0.15) is 0 Å². The van der Waals surface area contributed by atoms with Crippen LogP contribution in [0.5, 0.6) is 0 Å². The minimum atomic E-state index is -0.120. The third kappa shape index (κ3) is 6.30. The summed E-state index contributed by atoms with van der Waals surface area (Å²) < 4.78 is 0. The molecule has 3 N–H and O–H groups in total. The predicted molar refractivity (Wildman–Crippen MR) is 117 cm³/mol. The number of nitrogens with zero attached hydrogens (tertiary/aromatic N) is 3. The van der Waals surface area contributed by atoms with Gasteiger partial charge in [-0.1, -0.05) is 23.7 Å². The van der Waals surface area contributed by atoms with E-state index in [4.69, 9.17) is 17.3 Å². The molecule has 1 aliphatic rings. The highest BCUT2D eigenvalue weighted by molar-refractivity contribution is 7.09. The number of halogens is 3. The van der Waals surface area contributed by atoms with Gasteiger partial charge in [0.05, 0.1) is 17.3 Å². The van der Waals surface area contributed by atoms with Gasteiger partial charge in [0.1, 0.15) is 10.7 Å². The summed E-state index contributed by atoms with van der Waals surface area (Å²) >= 11 is 7.45. The summed E-state index contributed by atoms with van der Waals surface area (Å²) in [5, 5.41) is 5.82. The zero-order valence-electron chi connectivity index (χ0n) is 15.0. The Balaban J connectivity index is 0.00000196. The van der Waals surface area contributed by atoms with E-state index in [1.807, 2.05) is 17.0 Å². The molecule has 0 saturated carbocycles. The second-order valence-corrected chi connectivity index (χ2v) is 7.28. The average Bonchev–Trinajstić information content (AvgIpc) is 3.13. The molecule has 1 aromatic heterocycles. The lowest BCUT2D eigenvalue weighted by molar-refractivity contribution is -0.117. The summed E-state index contributed by atoms with van der Waals surface area (Å²) in [7, 11) is 0. The van der Waals surface area contributed by atoms with Gasteiger partial charge in [0.25, 0.3) is 5.91 Å². The second-order valence-electron chi connectivity index (χ2n) is 5.93. The Hall–Kier alpha value is -1.42. The van der Waals surface area contributed by atoms with E-state index in [0.29, 0.717) is 49.1 Å². The largest absolute Gasteiger partial charge is 0.335 e. The van der Waals surface area contributed by atoms with Gasteiger partial charge in [0, 0.05) is 38.1 Å². The van der Waals surface area contributed by atoms with Crippen molar-refractivity contribution in [1.82, 2.24) is 14.8 Å². The molecule has 2 amide bonds. The third-order valence-corrected chi connectivity index (χ3v) is 5.32. The van der Waals surface area contributed by atoms with E-state index in [1.54, 1.807) is 22.4 Å². The first-order valence-corrected chi connectivity index (χ1v) is 9.53. The molecule has 11 heteroatoms. The number of piperazine rings is 1. The Kier molecular flexibility index (Phi) is 10.2. The molecule has 2 aromatic rings. The van der Waals surface area contributed by atoms with E-state index < -0.39 is 0 Å². The van der Waals surface area contributed by atoms with E-state index in [9.17, 15) is 9.59 Å². The first-order valence-electron chi connectivity index (χ1n) is 8.27. The molecule has 0 atom stereocenters. The van der Waals surface area contributed by atoms with Crippen LogP contribution in [0.2, 0.25) is 5.02 Å². The van der Waals surface area contributed by atoms with Crippen LogP contribution < -0.4 is 11.1 Å². The van der Waals surface area contributed by atoms with Gasteiger partial charge in [-0.15, -0.1) is 36.2 Å². The molecule has 1 aliphatic heterocycles. The lowest BCUT2D eigenvalue weighted by Gasteiger charge is -2.34. The molecule has 1 aromatic carbocycles. The minimum Gasteiger partial charge on any atom is -0.335 e. The van der Waals surface area contributed by atoms with Crippen LogP contribution in [0.25, 0.3) is 0 Å². The molecule has 2 heterocycles. The van der Waals surface area contributed by atoms with Crippen molar-refractivity contribution in [2.75, 3.05) is 38.0 Å². The Morgan fingerprint density at radius 1 is 1.18 bits per heavy atom. The Morgan fingerprint density at radius 2 is 1.86 bits per heavy atom. The van der Waals surface area contributed by atoms with Crippen LogP contribution in [-0.4, -0.2) is 59.3 Å². The number of benzene rings is 1. The molecule has 1 saturated heterocycles. The molecule has 154 valence electrons. The van der Waals surface area contributed by atoms with Crippen molar-refractivity contribution in [3.05, 3.63) is 45.4 Å². The van der Waals surface area contributed by atoms with E-state index in [2.05, 4.69) is 10.3 Å². The quantitative estimate of drug-likeness (QED) is 0.706. The molecule has 7 nitrogen and oxygen atoms in total. The summed E-state index contributed by atoms with van der Waals surface area (Å²) in [4.78, 5) is 32.7. The maximum Gasteiger partial charge on any atom is 0.273 e. The standard InChI is InChI=1S/C17H20ClN5O2S.2ClH/c18-12-3-1-2-4-13(12)20-15(24)10-22-5-7-23(8-6-22)17(25)14-11-26-16(9-19)21-14;;/h1-4,11H,5-10,19H2,(H,20,24);2*1H. The normalized spacial score (nSPS) is 14.0. The molecular weight excluding hydrogens is 445 g/mol. The first kappa shape index (κ1) is 24.6. The maximum atomic E-state index is 12.5. The summed E-state index contributed by atoms with van der Waals surface area (Å²) in [6, 6.07) is 7.13. The van der Waals surface area contributed by atoms with Gasteiger partial charge >= 0.3 is 0 Å². The molecule has 0 radical (unpaired) electrons. The molecule has 3 rings (SSSR count). The summed E-state index contributed by atoms with van der Waals surface area (Å²) in [6.45, 7) is 3.00. The van der Waals surface area contributed by atoms with Crippen molar-refractivity contribution < 1.29 is 9.59 Å². The molecular formula is C17H22Cl3N5O2S. The fourth-order valence-corrected chi connectivity index (χ4v) is 3.56. The number of carbonyl (C=O) groups is 2. The van der Waals surface area contributed by atoms with Crippen molar-refractivity contribution in [2.45, 2.75) is 6.54 Å². The van der Waals surface area contributed by atoms with Crippen LogP contribution in [-0.2, 0) is 11.3 Å². The number of nitrogens with one attached hydrogen (secondary N) is 1. The highest BCUT2D eigenvalue weighted by Crippen LogP contribution is 2.20. The summed E-state index contributed by atoms with van der Waals surface area (Å²) in [6.07, 6.45) is 0. The summed E-state index contributed by atoms with van der Waals surface area (Å²) in [5.74, 6) is -0.203. The molecule has 28 heavy (non-hydrogen) atoms. The Bertz CT molecular complexity index is 797. The Morgan fingerprint density at radius 3 is 2.46 bits per heavy atom. The smallest absolute Gasteiger partial charge is 0.273 e. The number of nitrogens with two attached hydrogens (primary N) is 1.